The molecule has 2 aliphatic heterocycles. The van der Waals surface area contributed by atoms with Gasteiger partial charge < -0.3 is 0 Å². The molecule has 0 spiro atoms. The summed E-state index contributed by atoms with van der Waals surface area (Å²) in [5.74, 6) is -2.85. The zero-order chi connectivity index (χ0) is 14.7. The van der Waals surface area contributed by atoms with Gasteiger partial charge in [0.15, 0.2) is 0 Å². The van der Waals surface area contributed by atoms with Crippen LogP contribution in [0.15, 0.2) is 13.5 Å². The van der Waals surface area contributed by atoms with Gasteiger partial charge in [-0.3, -0.25) is 10.2 Å². The first-order chi connectivity index (χ1) is 9.33. The van der Waals surface area contributed by atoms with Gasteiger partial charge in [-0.2, -0.15) is 13.5 Å². The lowest BCUT2D eigenvalue weighted by Crippen LogP contribution is -2.11. The van der Waals surface area contributed by atoms with Gasteiger partial charge in [0.2, 0.25) is 13.4 Å². The molecule has 5 nitrogen and oxygen atoms in total. The standard InChI is InChI=1S/C8H18Cl4N5P3/c9-18(10)15-19(11)13-7-5-3-1-2-4-6-8-14-20(12,16-18)17-19/h13-14H,1-8H2. The van der Waals surface area contributed by atoms with Gasteiger partial charge in [0.05, 0.1) is 0 Å². The quantitative estimate of drug-likeness (QED) is 0.404. The van der Waals surface area contributed by atoms with E-state index >= 15 is 0 Å². The molecule has 118 valence electrons. The van der Waals surface area contributed by atoms with E-state index in [9.17, 15) is 0 Å². The second-order valence-corrected chi connectivity index (χ2v) is 16.7. The number of nitrogens with one attached hydrogen (secondary N) is 2. The van der Waals surface area contributed by atoms with E-state index in [0.717, 1.165) is 25.9 Å². The first kappa shape index (κ1) is 18.1. The summed E-state index contributed by atoms with van der Waals surface area (Å²) in [6, 6.07) is 0. The van der Waals surface area contributed by atoms with E-state index in [0.29, 0.717) is 0 Å². The van der Waals surface area contributed by atoms with Crippen molar-refractivity contribution in [3.63, 3.8) is 0 Å². The predicted molar refractivity (Wildman–Crippen MR) is 95.2 cm³/mol. The van der Waals surface area contributed by atoms with E-state index in [2.05, 4.69) is 23.7 Å². The molecule has 20 heavy (non-hydrogen) atoms. The zero-order valence-electron chi connectivity index (χ0n) is 10.9. The fraction of sp³-hybridized carbons (Fsp3) is 1.00. The van der Waals surface area contributed by atoms with Gasteiger partial charge in [0.1, 0.15) is 0 Å². The summed E-state index contributed by atoms with van der Waals surface area (Å²) in [6.45, 7) is -3.81. The Morgan fingerprint density at radius 3 is 1.60 bits per heavy atom. The van der Waals surface area contributed by atoms with Crippen molar-refractivity contribution in [3.05, 3.63) is 0 Å². The SMILES string of the molecule is ClP1(Cl)=NP2(Cl)=NP(Cl)(=N1)NCCCCCCCCN2. The van der Waals surface area contributed by atoms with Crippen LogP contribution in [0.2, 0.25) is 0 Å². The van der Waals surface area contributed by atoms with Crippen LogP contribution >= 0.6 is 64.3 Å². The largest absolute Gasteiger partial charge is 0.257 e. The van der Waals surface area contributed by atoms with Crippen molar-refractivity contribution in [2.24, 2.45) is 13.5 Å². The van der Waals surface area contributed by atoms with Crippen LogP contribution in [0.4, 0.5) is 0 Å². The van der Waals surface area contributed by atoms with Gasteiger partial charge >= 0.3 is 0 Å². The molecule has 2 heterocycles. The number of halogens is 4. The van der Waals surface area contributed by atoms with E-state index in [-0.39, 0.29) is 0 Å². The third-order valence-electron chi connectivity index (χ3n) is 2.92. The average Bonchev–Trinajstić information content (AvgIpc) is 2.28. The van der Waals surface area contributed by atoms with Crippen LogP contribution in [-0.2, 0) is 0 Å². The van der Waals surface area contributed by atoms with Crippen LogP contribution in [0.25, 0.3) is 0 Å². The molecular weight excluding hydrogens is 401 g/mol. The minimum absolute atomic E-state index is 0.745. The van der Waals surface area contributed by atoms with Crippen molar-refractivity contribution in [2.45, 2.75) is 38.5 Å². The van der Waals surface area contributed by atoms with E-state index in [1.807, 2.05) is 0 Å². The lowest BCUT2D eigenvalue weighted by molar-refractivity contribution is 0.591. The molecule has 2 N–H and O–H groups in total. The van der Waals surface area contributed by atoms with Crippen LogP contribution in [-0.4, -0.2) is 13.1 Å². The van der Waals surface area contributed by atoms with Gasteiger partial charge in [0, 0.05) is 13.1 Å². The zero-order valence-corrected chi connectivity index (χ0v) is 16.6. The second-order valence-electron chi connectivity index (χ2n) is 4.71. The van der Waals surface area contributed by atoms with E-state index < -0.39 is 19.3 Å². The molecule has 0 aliphatic carbocycles. The lowest BCUT2D eigenvalue weighted by Gasteiger charge is -2.25. The first-order valence-corrected chi connectivity index (χ1v) is 15.2. The van der Waals surface area contributed by atoms with Gasteiger partial charge in [-0.05, 0) is 57.8 Å². The molecule has 0 aromatic rings. The molecule has 0 fully saturated rings. The predicted octanol–water partition coefficient (Wildman–Crippen LogP) is 7.33. The fourth-order valence-corrected chi connectivity index (χ4v) is 18.0. The van der Waals surface area contributed by atoms with Crippen molar-refractivity contribution in [3.8, 4) is 0 Å². The minimum atomic E-state index is -2.85. The molecule has 12 heteroatoms. The van der Waals surface area contributed by atoms with Gasteiger partial charge in [-0.25, -0.2) is 0 Å². The summed E-state index contributed by atoms with van der Waals surface area (Å²) in [6.07, 6.45) is 6.88. The Bertz CT molecular complexity index is 503. The summed E-state index contributed by atoms with van der Waals surface area (Å²) in [5.41, 5.74) is 0. The monoisotopic (exact) mass is 417 g/mol. The summed E-state index contributed by atoms with van der Waals surface area (Å²) < 4.78 is 12.9. The topological polar surface area (TPSA) is 61.1 Å². The third kappa shape index (κ3) is 5.76. The highest BCUT2D eigenvalue weighted by Gasteiger charge is 2.32. The van der Waals surface area contributed by atoms with Crippen molar-refractivity contribution in [2.75, 3.05) is 13.1 Å². The molecule has 2 atom stereocenters. The number of rotatable bonds is 0. The molecule has 0 saturated carbocycles. The van der Waals surface area contributed by atoms with E-state index in [1.54, 1.807) is 0 Å². The summed E-state index contributed by atoms with van der Waals surface area (Å²) in [7, 11) is 0. The van der Waals surface area contributed by atoms with Crippen molar-refractivity contribution >= 4 is 64.3 Å². The minimum Gasteiger partial charge on any atom is -0.253 e. The Morgan fingerprint density at radius 1 is 0.600 bits per heavy atom. The van der Waals surface area contributed by atoms with Crippen LogP contribution in [0.3, 0.4) is 0 Å². The number of hydrogen-bond acceptors (Lipinski definition) is 5. The highest BCUT2D eigenvalue weighted by atomic mass is 35.9. The molecular formula is C8H18Cl4N5P3. The third-order valence-corrected chi connectivity index (χ3v) is 15.3. The Balaban J connectivity index is 2.29. The van der Waals surface area contributed by atoms with Crippen LogP contribution < -0.4 is 10.2 Å². The highest BCUT2D eigenvalue weighted by molar-refractivity contribution is 8.17. The van der Waals surface area contributed by atoms with Crippen molar-refractivity contribution in [1.29, 1.82) is 0 Å². The van der Waals surface area contributed by atoms with Gasteiger partial charge in [0.25, 0.3) is 5.91 Å². The van der Waals surface area contributed by atoms with E-state index in [1.165, 1.54) is 25.7 Å². The molecule has 0 saturated heterocycles. The molecule has 0 aromatic carbocycles. The Kier molecular flexibility index (Phi) is 6.85. The number of hydrogen-bond donors (Lipinski definition) is 2. The summed E-state index contributed by atoms with van der Waals surface area (Å²) in [5, 5.41) is 6.38. The first-order valence-electron chi connectivity index (χ1n) is 6.53. The van der Waals surface area contributed by atoms with Crippen LogP contribution in [0.5, 0.6) is 0 Å². The summed E-state index contributed by atoms with van der Waals surface area (Å²) >= 11 is 25.3. The van der Waals surface area contributed by atoms with Crippen LogP contribution in [0.1, 0.15) is 38.5 Å². The van der Waals surface area contributed by atoms with Crippen molar-refractivity contribution < 1.29 is 0 Å². The van der Waals surface area contributed by atoms with Crippen molar-refractivity contribution in [1.82, 2.24) is 10.2 Å². The fourth-order valence-electron chi connectivity index (χ4n) is 2.02. The molecule has 2 rings (SSSR count). The Hall–Kier alpha value is 1.77. The smallest absolute Gasteiger partial charge is 0.253 e. The Morgan fingerprint density at radius 2 is 1.05 bits per heavy atom. The van der Waals surface area contributed by atoms with Gasteiger partial charge in [-0.15, -0.1) is 0 Å². The maximum Gasteiger partial charge on any atom is 0.257 e. The molecule has 0 radical (unpaired) electrons. The maximum atomic E-state index is 6.49. The molecule has 0 aromatic heterocycles. The normalized spacial score (nSPS) is 39.0. The maximum absolute atomic E-state index is 6.49. The molecule has 2 aliphatic rings. The van der Waals surface area contributed by atoms with Crippen LogP contribution in [0, 0.1) is 0 Å². The number of nitrogens with zero attached hydrogens (tertiary/aromatic N) is 3. The van der Waals surface area contributed by atoms with Gasteiger partial charge in [-0.1, -0.05) is 25.7 Å². The highest BCUT2D eigenvalue weighted by Crippen LogP contribution is 2.82. The second kappa shape index (κ2) is 7.56. The van der Waals surface area contributed by atoms with E-state index in [4.69, 9.17) is 45.0 Å². The molecule has 2 bridgehead atoms. The average molecular weight is 419 g/mol. The summed E-state index contributed by atoms with van der Waals surface area (Å²) in [4.78, 5) is 0. The molecule has 0 amide bonds. The lowest BCUT2D eigenvalue weighted by atomic mass is 10.1. The molecule has 2 unspecified atom stereocenters. The Labute approximate surface area is 139 Å². The number of fused-ring (bicyclic) bond motifs is 1.